The quantitative estimate of drug-likeness (QED) is 0.269. The summed E-state index contributed by atoms with van der Waals surface area (Å²) in [7, 11) is 0. The number of para-hydroxylation sites is 3. The normalized spacial score (nSPS) is 12.6. The first-order valence-electron chi connectivity index (χ1n) is 8.80. The van der Waals surface area contributed by atoms with E-state index in [1.54, 1.807) is 43.3 Å². The van der Waals surface area contributed by atoms with Crippen molar-refractivity contribution in [1.82, 2.24) is 0 Å². The molecule has 0 aromatic heterocycles. The molecule has 148 valence electrons. The third-order valence-corrected chi connectivity index (χ3v) is 3.84. The van der Waals surface area contributed by atoms with E-state index >= 15 is 0 Å². The maximum absolute atomic E-state index is 13.3. The van der Waals surface area contributed by atoms with Crippen LogP contribution in [0.3, 0.4) is 0 Å². The summed E-state index contributed by atoms with van der Waals surface area (Å²) >= 11 is 0. The summed E-state index contributed by atoms with van der Waals surface area (Å²) in [5, 5.41) is 0. The molecule has 0 heterocycles. The Morgan fingerprint density at radius 3 is 2.07 bits per heavy atom. The molecule has 0 aliphatic heterocycles. The van der Waals surface area contributed by atoms with Gasteiger partial charge in [0, 0.05) is 5.57 Å². The van der Waals surface area contributed by atoms with E-state index in [-0.39, 0.29) is 11.6 Å². The summed E-state index contributed by atoms with van der Waals surface area (Å²) in [5.41, 5.74) is 0.0895. The molecular formula is C23H18F3NO2. The first-order valence-corrected chi connectivity index (χ1v) is 8.80. The van der Waals surface area contributed by atoms with Crippen LogP contribution in [0.1, 0.15) is 12.5 Å². The number of rotatable bonds is 5. The molecule has 0 N–H and O–H groups in total. The van der Waals surface area contributed by atoms with Crippen molar-refractivity contribution in [3.05, 3.63) is 102 Å². The van der Waals surface area contributed by atoms with Crippen molar-refractivity contribution in [2.75, 3.05) is 0 Å². The van der Waals surface area contributed by atoms with E-state index in [0.29, 0.717) is 17.0 Å². The number of benzene rings is 3. The van der Waals surface area contributed by atoms with Crippen LogP contribution < -0.4 is 9.47 Å². The molecule has 0 fully saturated rings. The van der Waals surface area contributed by atoms with Crippen molar-refractivity contribution in [1.29, 1.82) is 0 Å². The van der Waals surface area contributed by atoms with Crippen LogP contribution in [0.2, 0.25) is 0 Å². The Hall–Kier alpha value is -3.54. The maximum Gasteiger partial charge on any atom is 0.419 e. The molecule has 29 heavy (non-hydrogen) atoms. The van der Waals surface area contributed by atoms with Crippen LogP contribution in [0.5, 0.6) is 11.5 Å². The van der Waals surface area contributed by atoms with E-state index in [2.05, 4.69) is 4.99 Å². The van der Waals surface area contributed by atoms with Gasteiger partial charge in [0.15, 0.2) is 0 Å². The standard InChI is InChI=1S/C23H18F3NO2/c1-17(16-28-19-12-6-3-7-13-19)22(27-18-10-4-2-5-11-18)29-21-15-9-8-14-20(21)23(24,25)26/h2-16H,1H3/b17-16+,27-22?. The SMILES string of the molecule is C/C(=C\Oc1ccccc1)C(=Nc1ccccc1)Oc1ccccc1C(F)(F)F. The zero-order chi connectivity index (χ0) is 20.7. The Morgan fingerprint density at radius 1 is 0.828 bits per heavy atom. The number of nitrogens with zero attached hydrogens (tertiary/aromatic N) is 1. The average Bonchev–Trinajstić information content (AvgIpc) is 2.73. The third-order valence-electron chi connectivity index (χ3n) is 3.84. The number of ether oxygens (including phenoxy) is 2. The van der Waals surface area contributed by atoms with Gasteiger partial charge in [0.1, 0.15) is 11.5 Å². The molecule has 3 rings (SSSR count). The topological polar surface area (TPSA) is 30.8 Å². The smallest absolute Gasteiger partial charge is 0.419 e. The van der Waals surface area contributed by atoms with Gasteiger partial charge < -0.3 is 9.47 Å². The summed E-state index contributed by atoms with van der Waals surface area (Å²) < 4.78 is 51.2. The molecule has 0 radical (unpaired) electrons. The molecule has 0 atom stereocenters. The molecule has 0 bridgehead atoms. The van der Waals surface area contributed by atoms with Crippen molar-refractivity contribution < 1.29 is 22.6 Å². The second kappa shape index (κ2) is 9.10. The summed E-state index contributed by atoms with van der Waals surface area (Å²) in [5.74, 6) is 0.257. The molecule has 3 nitrogen and oxygen atoms in total. The summed E-state index contributed by atoms with van der Waals surface area (Å²) in [6.45, 7) is 1.65. The second-order valence-electron chi connectivity index (χ2n) is 6.08. The Kier molecular flexibility index (Phi) is 6.34. The lowest BCUT2D eigenvalue weighted by Crippen LogP contribution is -2.15. The Balaban J connectivity index is 1.95. The molecule has 0 saturated carbocycles. The highest BCUT2D eigenvalue weighted by Gasteiger charge is 2.34. The fourth-order valence-corrected chi connectivity index (χ4v) is 2.41. The van der Waals surface area contributed by atoms with Gasteiger partial charge in [-0.15, -0.1) is 0 Å². The largest absolute Gasteiger partial charge is 0.465 e. The lowest BCUT2D eigenvalue weighted by atomic mass is 10.2. The van der Waals surface area contributed by atoms with Crippen LogP contribution in [-0.2, 0) is 6.18 Å². The van der Waals surface area contributed by atoms with Gasteiger partial charge in [-0.1, -0.05) is 48.5 Å². The zero-order valence-corrected chi connectivity index (χ0v) is 15.6. The fourth-order valence-electron chi connectivity index (χ4n) is 2.41. The molecule has 0 spiro atoms. The van der Waals surface area contributed by atoms with Crippen molar-refractivity contribution >= 4 is 11.6 Å². The summed E-state index contributed by atoms with van der Waals surface area (Å²) in [6.07, 6.45) is -3.15. The van der Waals surface area contributed by atoms with Crippen LogP contribution in [0.4, 0.5) is 18.9 Å². The Morgan fingerprint density at radius 2 is 1.41 bits per heavy atom. The highest BCUT2D eigenvalue weighted by Crippen LogP contribution is 2.36. The van der Waals surface area contributed by atoms with Gasteiger partial charge >= 0.3 is 6.18 Å². The van der Waals surface area contributed by atoms with E-state index in [9.17, 15) is 13.2 Å². The predicted octanol–water partition coefficient (Wildman–Crippen LogP) is 6.80. The molecule has 6 heteroatoms. The minimum Gasteiger partial charge on any atom is -0.465 e. The van der Waals surface area contributed by atoms with Crippen LogP contribution >= 0.6 is 0 Å². The summed E-state index contributed by atoms with van der Waals surface area (Å²) in [4.78, 5) is 4.37. The van der Waals surface area contributed by atoms with E-state index < -0.39 is 11.7 Å². The van der Waals surface area contributed by atoms with E-state index in [4.69, 9.17) is 9.47 Å². The van der Waals surface area contributed by atoms with Crippen molar-refractivity contribution in [2.24, 2.45) is 4.99 Å². The fraction of sp³-hybridized carbons (Fsp3) is 0.0870. The van der Waals surface area contributed by atoms with Gasteiger partial charge in [-0.3, -0.25) is 0 Å². The number of alkyl halides is 3. The molecule has 3 aromatic rings. The van der Waals surface area contributed by atoms with Crippen molar-refractivity contribution in [3.8, 4) is 11.5 Å². The first-order chi connectivity index (χ1) is 13.9. The molecule has 0 aliphatic rings. The number of halogens is 3. The van der Waals surface area contributed by atoms with Crippen LogP contribution in [-0.4, -0.2) is 5.90 Å². The lowest BCUT2D eigenvalue weighted by molar-refractivity contribution is -0.138. The second-order valence-corrected chi connectivity index (χ2v) is 6.08. The number of hydrogen-bond acceptors (Lipinski definition) is 3. The van der Waals surface area contributed by atoms with Crippen molar-refractivity contribution in [2.45, 2.75) is 13.1 Å². The molecule has 0 saturated heterocycles. The highest BCUT2D eigenvalue weighted by atomic mass is 19.4. The van der Waals surface area contributed by atoms with E-state index in [0.717, 1.165) is 6.07 Å². The number of aliphatic imine (C=N–C) groups is 1. The monoisotopic (exact) mass is 397 g/mol. The Bertz CT molecular complexity index is 997. The van der Waals surface area contributed by atoms with Gasteiger partial charge in [0.25, 0.3) is 0 Å². The molecular weight excluding hydrogens is 379 g/mol. The minimum absolute atomic E-state index is 0.00355. The van der Waals surface area contributed by atoms with Crippen LogP contribution in [0, 0.1) is 0 Å². The number of hydrogen-bond donors (Lipinski definition) is 0. The Labute approximate surface area is 166 Å². The molecule has 0 unspecified atom stereocenters. The highest BCUT2D eigenvalue weighted by molar-refractivity contribution is 5.96. The molecule has 0 amide bonds. The first kappa shape index (κ1) is 20.2. The minimum atomic E-state index is -4.55. The van der Waals surface area contributed by atoms with E-state index in [1.807, 2.05) is 24.3 Å². The average molecular weight is 397 g/mol. The zero-order valence-electron chi connectivity index (χ0n) is 15.6. The van der Waals surface area contributed by atoms with Gasteiger partial charge in [0.2, 0.25) is 5.90 Å². The van der Waals surface area contributed by atoms with Gasteiger partial charge in [-0.25, -0.2) is 4.99 Å². The summed E-state index contributed by atoms with van der Waals surface area (Å²) in [6, 6.07) is 22.8. The van der Waals surface area contributed by atoms with Gasteiger partial charge in [-0.2, -0.15) is 13.2 Å². The van der Waals surface area contributed by atoms with E-state index in [1.165, 1.54) is 24.5 Å². The maximum atomic E-state index is 13.3. The van der Waals surface area contributed by atoms with Crippen LogP contribution in [0.15, 0.2) is 102 Å². The van der Waals surface area contributed by atoms with Crippen molar-refractivity contribution in [3.63, 3.8) is 0 Å². The molecule has 3 aromatic carbocycles. The predicted molar refractivity (Wildman–Crippen MR) is 106 cm³/mol. The van der Waals surface area contributed by atoms with Crippen LogP contribution in [0.25, 0.3) is 0 Å². The van der Waals surface area contributed by atoms with Gasteiger partial charge in [0.05, 0.1) is 17.5 Å². The third kappa shape index (κ3) is 5.72. The lowest BCUT2D eigenvalue weighted by Gasteiger charge is -2.15. The van der Waals surface area contributed by atoms with Gasteiger partial charge in [-0.05, 0) is 43.3 Å². The molecule has 0 aliphatic carbocycles.